The topological polar surface area (TPSA) is 125 Å². The number of hydrogen-bond acceptors (Lipinski definition) is 4. The van der Waals surface area contributed by atoms with E-state index in [0.29, 0.717) is 0 Å². The molecule has 0 radical (unpaired) electrons. The first-order chi connectivity index (χ1) is 1.73. The molecule has 0 aliphatic rings. The fourth-order valence-corrected chi connectivity index (χ4v) is 0. The molecule has 0 heterocycles. The summed E-state index contributed by atoms with van der Waals surface area (Å²) in [6.45, 7) is 0. The molecule has 0 unspecified atom stereocenters. The van der Waals surface area contributed by atoms with Gasteiger partial charge in [-0.2, -0.15) is 0 Å². The van der Waals surface area contributed by atoms with Crippen molar-refractivity contribution in [3.63, 3.8) is 0 Å². The third-order valence-electron chi connectivity index (χ3n) is 0. The Morgan fingerprint density at radius 3 is 1.29 bits per heavy atom. The van der Waals surface area contributed by atoms with Crippen molar-refractivity contribution in [3.05, 3.63) is 0 Å². The van der Waals surface area contributed by atoms with Gasteiger partial charge in [-0.15, -0.1) is 0 Å². The number of carboxylic acid groups (broad SMARTS) is 2. The van der Waals surface area contributed by atoms with E-state index in [1.54, 1.807) is 0 Å². The fourth-order valence-electron chi connectivity index (χ4n) is 0. The maximum absolute atomic E-state index is 8.33. The van der Waals surface area contributed by atoms with Crippen molar-refractivity contribution in [2.24, 2.45) is 0 Å². The van der Waals surface area contributed by atoms with Crippen LogP contribution in [-0.4, -0.2) is 17.1 Å². The third kappa shape index (κ3) is 845. The molecule has 3 N–H and O–H groups in total. The van der Waals surface area contributed by atoms with Gasteiger partial charge in [0.1, 0.15) is 0 Å². The third-order valence-corrected chi connectivity index (χ3v) is 0. The van der Waals surface area contributed by atoms with E-state index in [0.717, 1.165) is 0 Å². The number of carbonyl (C=O) groups excluding carboxylic acids is 1. The normalized spacial score (nSPS) is 3.43. The minimum Gasteiger partial charge on any atom is -0.870 e. The summed E-state index contributed by atoms with van der Waals surface area (Å²) in [7, 11) is 0. The maximum Gasteiger partial charge on any atom is 3.00 e. The molecule has 0 aromatic rings. The number of rotatable bonds is 0. The first-order valence-corrected chi connectivity index (χ1v) is 0.612. The summed E-state index contributed by atoms with van der Waals surface area (Å²) in [5, 5.41) is 16.7. The fraction of sp³-hybridized carbons (Fsp3) is 0. The molecule has 0 rings (SSSR count). The van der Waals surface area contributed by atoms with E-state index in [9.17, 15) is 0 Å². The van der Waals surface area contributed by atoms with E-state index in [-0.39, 0.29) is 27.7 Å². The van der Waals surface area contributed by atoms with Crippen LogP contribution in [-0.2, 0) is 16.8 Å². The van der Waals surface area contributed by atoms with Crippen LogP contribution >= 0.6 is 0 Å². The molecule has 7 heavy (non-hydrogen) atoms. The standard InChI is InChI=1S/CH2O3.Co.2H2O/c2-1(3)4;;;/h(H2,2,3,4);;2*1H2/q;+3;;/p-3. The summed E-state index contributed by atoms with van der Waals surface area (Å²) in [5.74, 6) is 0. The van der Waals surface area contributed by atoms with E-state index in [2.05, 4.69) is 0 Å². The predicted octanol–water partition coefficient (Wildman–Crippen LogP) is -3.45. The molecule has 46 valence electrons. The average molecular weight is 154 g/mol. The monoisotopic (exact) mass is 154 g/mol. The van der Waals surface area contributed by atoms with E-state index < -0.39 is 6.16 Å². The van der Waals surface area contributed by atoms with Gasteiger partial charge in [-0.25, -0.2) is 0 Å². The van der Waals surface area contributed by atoms with Crippen molar-refractivity contribution >= 4 is 6.16 Å². The Morgan fingerprint density at radius 1 is 1.29 bits per heavy atom. The largest absolute Gasteiger partial charge is 3.00 e. The molecule has 0 saturated carbocycles. The summed E-state index contributed by atoms with van der Waals surface area (Å²) in [4.78, 5) is 8.33. The van der Waals surface area contributed by atoms with Crippen molar-refractivity contribution < 1.29 is 42.7 Å². The first kappa shape index (κ1) is 29.9. The Balaban J connectivity index is -0.0000000150. The second-order valence-electron chi connectivity index (χ2n) is 0.250. The zero-order valence-corrected chi connectivity index (χ0v) is 4.05. The van der Waals surface area contributed by atoms with Crippen LogP contribution in [0.4, 0.5) is 4.79 Å². The van der Waals surface area contributed by atoms with Crippen LogP contribution in [0.2, 0.25) is 0 Å². The molecule has 0 atom stereocenters. The van der Waals surface area contributed by atoms with Gasteiger partial charge in [-0.05, 0) is 6.16 Å². The van der Waals surface area contributed by atoms with Crippen LogP contribution in [0.15, 0.2) is 0 Å². The van der Waals surface area contributed by atoms with Gasteiger partial charge >= 0.3 is 16.8 Å². The molecule has 0 aromatic heterocycles. The SMILES string of the molecule is O.O=C([O-])[O-].[Co+3].[OH-]. The molecular weight excluding hydrogens is 151 g/mol. The van der Waals surface area contributed by atoms with Gasteiger partial charge in [0, 0.05) is 0 Å². The first-order valence-electron chi connectivity index (χ1n) is 0.612. The quantitative estimate of drug-likeness (QED) is 0.359. The average Bonchev–Trinajstić information content (AvgIpc) is 0.811. The molecule has 0 amide bonds. The second kappa shape index (κ2) is 17.3. The molecule has 0 saturated heterocycles. The van der Waals surface area contributed by atoms with Crippen LogP contribution in [0.3, 0.4) is 0 Å². The Kier molecular flexibility index (Phi) is 73.8. The Bertz CT molecular complexity index is 31.1. The Hall–Kier alpha value is -0.304. The van der Waals surface area contributed by atoms with Crippen molar-refractivity contribution in [1.29, 1.82) is 0 Å². The summed E-state index contributed by atoms with van der Waals surface area (Å²) in [5.41, 5.74) is 0. The van der Waals surface area contributed by atoms with Crippen molar-refractivity contribution in [1.82, 2.24) is 0 Å². The van der Waals surface area contributed by atoms with Crippen LogP contribution in [0.5, 0.6) is 0 Å². The molecule has 0 spiro atoms. The summed E-state index contributed by atoms with van der Waals surface area (Å²) in [6.07, 6.45) is -2.33. The van der Waals surface area contributed by atoms with Gasteiger partial charge < -0.3 is 26.0 Å². The molecule has 5 nitrogen and oxygen atoms in total. The Morgan fingerprint density at radius 2 is 1.29 bits per heavy atom. The van der Waals surface area contributed by atoms with Gasteiger partial charge in [-0.3, -0.25) is 0 Å². The van der Waals surface area contributed by atoms with Crippen molar-refractivity contribution in [2.75, 3.05) is 0 Å². The molecule has 0 aliphatic heterocycles. The minimum atomic E-state index is -2.33. The second-order valence-corrected chi connectivity index (χ2v) is 0.250. The van der Waals surface area contributed by atoms with Gasteiger partial charge in [0.25, 0.3) is 0 Å². The van der Waals surface area contributed by atoms with Crippen LogP contribution in [0.1, 0.15) is 0 Å². The minimum absolute atomic E-state index is 0. The van der Waals surface area contributed by atoms with Crippen LogP contribution < -0.4 is 10.2 Å². The number of hydrogen-bond donors (Lipinski definition) is 0. The van der Waals surface area contributed by atoms with Crippen LogP contribution in [0, 0.1) is 0 Å². The number of carbonyl (C=O) groups is 1. The zero-order chi connectivity index (χ0) is 3.58. The van der Waals surface area contributed by atoms with E-state index in [4.69, 9.17) is 15.0 Å². The van der Waals surface area contributed by atoms with Gasteiger partial charge in [0.15, 0.2) is 0 Å². The van der Waals surface area contributed by atoms with Gasteiger partial charge in [0.2, 0.25) is 0 Å². The van der Waals surface area contributed by atoms with Crippen molar-refractivity contribution in [3.8, 4) is 0 Å². The Labute approximate surface area is 49.8 Å². The molecule has 0 aliphatic carbocycles. The summed E-state index contributed by atoms with van der Waals surface area (Å²) >= 11 is 0. The molecule has 0 aromatic carbocycles. The summed E-state index contributed by atoms with van der Waals surface area (Å²) < 4.78 is 0. The van der Waals surface area contributed by atoms with Gasteiger partial charge in [0.05, 0.1) is 0 Å². The van der Waals surface area contributed by atoms with E-state index in [1.165, 1.54) is 0 Å². The molecule has 0 bridgehead atoms. The summed E-state index contributed by atoms with van der Waals surface area (Å²) in [6, 6.07) is 0. The van der Waals surface area contributed by atoms with Crippen molar-refractivity contribution in [2.45, 2.75) is 0 Å². The van der Waals surface area contributed by atoms with E-state index >= 15 is 0 Å². The smallest absolute Gasteiger partial charge is 0.870 e. The molecule has 0 fully saturated rings. The van der Waals surface area contributed by atoms with Gasteiger partial charge in [-0.1, -0.05) is 0 Å². The predicted molar refractivity (Wildman–Crippen MR) is 10.9 cm³/mol. The zero-order valence-electron chi connectivity index (χ0n) is 3.01. The van der Waals surface area contributed by atoms with Crippen LogP contribution in [0.25, 0.3) is 0 Å². The molecule has 6 heteroatoms. The molecular formula is CH3CoO5. The maximum atomic E-state index is 8.33. The van der Waals surface area contributed by atoms with E-state index in [1.807, 2.05) is 0 Å².